The summed E-state index contributed by atoms with van der Waals surface area (Å²) in [5.41, 5.74) is 1.63. The molecular formula is C15H15N3O4. The minimum absolute atomic E-state index is 0.266. The van der Waals surface area contributed by atoms with Crippen LogP contribution in [0, 0.1) is 0 Å². The standard InChI is InChI=1S/C15H15N3O4/c1-20-15(19)18-11-3-5-14(17-8-11)16-7-10-2-4-12-13(6-10)22-9-21-12/h2-6,8H,7,9H2,1H3,(H,16,17)(H,18,19). The van der Waals surface area contributed by atoms with Crippen LogP contribution in [0.25, 0.3) is 0 Å². The van der Waals surface area contributed by atoms with Crippen molar-refractivity contribution in [3.63, 3.8) is 0 Å². The first-order valence-corrected chi connectivity index (χ1v) is 6.68. The van der Waals surface area contributed by atoms with Gasteiger partial charge in [0.25, 0.3) is 0 Å². The van der Waals surface area contributed by atoms with Gasteiger partial charge in [-0.3, -0.25) is 5.32 Å². The number of aromatic nitrogens is 1. The Morgan fingerprint density at radius 3 is 2.91 bits per heavy atom. The van der Waals surface area contributed by atoms with Crippen molar-refractivity contribution in [2.24, 2.45) is 0 Å². The van der Waals surface area contributed by atoms with Gasteiger partial charge in [0.05, 0.1) is 19.0 Å². The van der Waals surface area contributed by atoms with Crippen LogP contribution in [0.1, 0.15) is 5.56 Å². The van der Waals surface area contributed by atoms with E-state index in [-0.39, 0.29) is 6.79 Å². The molecule has 0 atom stereocenters. The second kappa shape index (κ2) is 6.21. The van der Waals surface area contributed by atoms with E-state index in [9.17, 15) is 4.79 Å². The number of nitrogens with one attached hydrogen (secondary N) is 2. The van der Waals surface area contributed by atoms with Gasteiger partial charge in [0, 0.05) is 6.54 Å². The third-order valence-electron chi connectivity index (χ3n) is 3.11. The number of ether oxygens (including phenoxy) is 3. The summed E-state index contributed by atoms with van der Waals surface area (Å²) in [5, 5.41) is 5.73. The summed E-state index contributed by atoms with van der Waals surface area (Å²) in [5.74, 6) is 2.22. The Morgan fingerprint density at radius 1 is 1.27 bits per heavy atom. The van der Waals surface area contributed by atoms with Crippen LogP contribution in [0.2, 0.25) is 0 Å². The zero-order valence-corrected chi connectivity index (χ0v) is 12.0. The fourth-order valence-corrected chi connectivity index (χ4v) is 1.98. The largest absolute Gasteiger partial charge is 0.454 e. The fourth-order valence-electron chi connectivity index (χ4n) is 1.98. The van der Waals surface area contributed by atoms with Gasteiger partial charge in [0.15, 0.2) is 11.5 Å². The van der Waals surface area contributed by atoms with Crippen molar-refractivity contribution in [2.75, 3.05) is 24.5 Å². The van der Waals surface area contributed by atoms with E-state index in [0.29, 0.717) is 18.1 Å². The van der Waals surface area contributed by atoms with Crippen molar-refractivity contribution in [1.82, 2.24) is 4.98 Å². The molecule has 2 heterocycles. The monoisotopic (exact) mass is 301 g/mol. The molecule has 0 unspecified atom stereocenters. The zero-order chi connectivity index (χ0) is 15.4. The summed E-state index contributed by atoms with van der Waals surface area (Å²) in [6, 6.07) is 9.30. The maximum absolute atomic E-state index is 11.1. The smallest absolute Gasteiger partial charge is 0.411 e. The van der Waals surface area contributed by atoms with Crippen LogP contribution in [-0.2, 0) is 11.3 Å². The first-order valence-electron chi connectivity index (χ1n) is 6.68. The predicted octanol–water partition coefficient (Wildman–Crippen LogP) is 2.60. The summed E-state index contributed by atoms with van der Waals surface area (Å²) in [4.78, 5) is 15.3. The van der Waals surface area contributed by atoms with E-state index in [1.807, 2.05) is 18.2 Å². The fraction of sp³-hybridized carbons (Fsp3) is 0.200. The van der Waals surface area contributed by atoms with E-state index in [2.05, 4.69) is 20.4 Å². The van der Waals surface area contributed by atoms with Gasteiger partial charge >= 0.3 is 6.09 Å². The molecule has 3 rings (SSSR count). The highest BCUT2D eigenvalue weighted by atomic mass is 16.7. The van der Waals surface area contributed by atoms with Gasteiger partial charge < -0.3 is 19.5 Å². The van der Waals surface area contributed by atoms with Crippen molar-refractivity contribution in [2.45, 2.75) is 6.54 Å². The summed E-state index contributed by atoms with van der Waals surface area (Å²) in [6.45, 7) is 0.871. The van der Waals surface area contributed by atoms with Crippen LogP contribution >= 0.6 is 0 Å². The van der Waals surface area contributed by atoms with E-state index in [4.69, 9.17) is 9.47 Å². The normalized spacial score (nSPS) is 11.9. The van der Waals surface area contributed by atoms with Crippen molar-refractivity contribution in [3.8, 4) is 11.5 Å². The Labute approximate surface area is 127 Å². The maximum atomic E-state index is 11.1. The molecule has 1 aromatic carbocycles. The molecule has 2 aromatic rings. The minimum atomic E-state index is -0.525. The molecule has 0 bridgehead atoms. The van der Waals surface area contributed by atoms with Crippen molar-refractivity contribution >= 4 is 17.6 Å². The van der Waals surface area contributed by atoms with Crippen molar-refractivity contribution < 1.29 is 19.0 Å². The van der Waals surface area contributed by atoms with Crippen LogP contribution in [-0.4, -0.2) is 25.0 Å². The highest BCUT2D eigenvalue weighted by molar-refractivity contribution is 5.84. The van der Waals surface area contributed by atoms with E-state index in [1.165, 1.54) is 7.11 Å². The molecule has 0 saturated heterocycles. The topological polar surface area (TPSA) is 81.7 Å². The van der Waals surface area contributed by atoms with Gasteiger partial charge in [-0.1, -0.05) is 6.07 Å². The maximum Gasteiger partial charge on any atom is 0.411 e. The van der Waals surface area contributed by atoms with Gasteiger partial charge in [-0.15, -0.1) is 0 Å². The van der Waals surface area contributed by atoms with Crippen LogP contribution in [0.4, 0.5) is 16.3 Å². The molecule has 7 nitrogen and oxygen atoms in total. The number of methoxy groups -OCH3 is 1. The van der Waals surface area contributed by atoms with Gasteiger partial charge in [-0.2, -0.15) is 0 Å². The molecule has 1 aromatic heterocycles. The number of nitrogens with zero attached hydrogens (tertiary/aromatic N) is 1. The highest BCUT2D eigenvalue weighted by Crippen LogP contribution is 2.32. The molecule has 22 heavy (non-hydrogen) atoms. The molecule has 1 aliphatic rings. The Balaban J connectivity index is 1.58. The van der Waals surface area contributed by atoms with Crippen LogP contribution in [0.3, 0.4) is 0 Å². The lowest BCUT2D eigenvalue weighted by molar-refractivity contribution is 0.174. The Morgan fingerprint density at radius 2 is 2.14 bits per heavy atom. The van der Waals surface area contributed by atoms with Crippen LogP contribution in [0.15, 0.2) is 36.5 Å². The number of carbonyl (C=O) groups excluding carboxylic acids is 1. The summed E-state index contributed by atoms with van der Waals surface area (Å²) in [7, 11) is 1.31. The lowest BCUT2D eigenvalue weighted by Crippen LogP contribution is -2.11. The zero-order valence-electron chi connectivity index (χ0n) is 12.0. The van der Waals surface area contributed by atoms with E-state index < -0.39 is 6.09 Å². The van der Waals surface area contributed by atoms with E-state index >= 15 is 0 Å². The Kier molecular flexibility index (Phi) is 3.95. The minimum Gasteiger partial charge on any atom is -0.454 e. The van der Waals surface area contributed by atoms with Crippen LogP contribution < -0.4 is 20.1 Å². The average molecular weight is 301 g/mol. The number of benzene rings is 1. The average Bonchev–Trinajstić information content (AvgIpc) is 3.01. The number of rotatable bonds is 4. The number of hydrogen-bond donors (Lipinski definition) is 2. The Hall–Kier alpha value is -2.96. The van der Waals surface area contributed by atoms with E-state index in [0.717, 1.165) is 17.1 Å². The van der Waals surface area contributed by atoms with Gasteiger partial charge in [-0.05, 0) is 29.8 Å². The molecular weight excluding hydrogens is 286 g/mol. The number of pyridine rings is 1. The molecule has 2 N–H and O–H groups in total. The second-order valence-corrected chi connectivity index (χ2v) is 4.59. The highest BCUT2D eigenvalue weighted by Gasteiger charge is 2.12. The molecule has 1 amide bonds. The van der Waals surface area contributed by atoms with Gasteiger partial charge in [0.2, 0.25) is 6.79 Å². The lowest BCUT2D eigenvalue weighted by atomic mass is 10.2. The molecule has 7 heteroatoms. The summed E-state index contributed by atoms with van der Waals surface area (Å²) >= 11 is 0. The number of carbonyl (C=O) groups is 1. The molecule has 0 fully saturated rings. The van der Waals surface area contributed by atoms with Crippen LogP contribution in [0.5, 0.6) is 11.5 Å². The third kappa shape index (κ3) is 3.20. The summed E-state index contributed by atoms with van der Waals surface area (Å²) in [6.07, 6.45) is 1.03. The number of fused-ring (bicyclic) bond motifs is 1. The molecule has 0 radical (unpaired) electrons. The van der Waals surface area contributed by atoms with Gasteiger partial charge in [0.1, 0.15) is 5.82 Å². The van der Waals surface area contributed by atoms with Gasteiger partial charge in [-0.25, -0.2) is 9.78 Å². The SMILES string of the molecule is COC(=O)Nc1ccc(NCc2ccc3c(c2)OCO3)nc1. The molecule has 0 saturated carbocycles. The van der Waals surface area contributed by atoms with Crippen molar-refractivity contribution in [3.05, 3.63) is 42.1 Å². The number of hydrogen-bond acceptors (Lipinski definition) is 6. The second-order valence-electron chi connectivity index (χ2n) is 4.59. The number of anilines is 2. The summed E-state index contributed by atoms with van der Waals surface area (Å²) < 4.78 is 15.1. The van der Waals surface area contributed by atoms with Crippen molar-refractivity contribution in [1.29, 1.82) is 0 Å². The first kappa shape index (κ1) is 14.0. The quantitative estimate of drug-likeness (QED) is 0.903. The third-order valence-corrected chi connectivity index (χ3v) is 3.11. The number of amides is 1. The van der Waals surface area contributed by atoms with E-state index in [1.54, 1.807) is 18.3 Å². The Bertz CT molecular complexity index is 673. The molecule has 1 aliphatic heterocycles. The molecule has 0 spiro atoms. The molecule has 0 aliphatic carbocycles. The lowest BCUT2D eigenvalue weighted by Gasteiger charge is -2.08. The first-order chi connectivity index (χ1) is 10.7. The molecule has 114 valence electrons. The predicted molar refractivity (Wildman–Crippen MR) is 80.2 cm³/mol.